The molecular weight excluding hydrogens is 336 g/mol. The van der Waals surface area contributed by atoms with Crippen LogP contribution in [-0.4, -0.2) is 23.0 Å². The molecule has 0 bridgehead atoms. The van der Waals surface area contributed by atoms with Crippen molar-refractivity contribution in [3.05, 3.63) is 56.7 Å². The minimum atomic E-state index is -0.409. The van der Waals surface area contributed by atoms with E-state index in [0.29, 0.717) is 13.1 Å². The topological polar surface area (TPSA) is 80.1 Å². The van der Waals surface area contributed by atoms with Gasteiger partial charge in [-0.05, 0) is 46.6 Å². The van der Waals surface area contributed by atoms with Crippen molar-refractivity contribution in [3.8, 4) is 0 Å². The van der Waals surface area contributed by atoms with Crippen molar-refractivity contribution in [2.24, 2.45) is 0 Å². The number of rotatable bonds is 6. The lowest BCUT2D eigenvalue weighted by Crippen LogP contribution is -2.14. The first-order valence-corrected chi connectivity index (χ1v) is 7.20. The molecule has 0 saturated carbocycles. The number of nitrogens with one attached hydrogen (secondary N) is 2. The van der Waals surface area contributed by atoms with Gasteiger partial charge in [-0.1, -0.05) is 0 Å². The molecule has 0 amide bonds. The second-order valence-electron chi connectivity index (χ2n) is 4.48. The van der Waals surface area contributed by atoms with E-state index in [1.807, 2.05) is 13.0 Å². The second kappa shape index (κ2) is 7.03. The lowest BCUT2D eigenvalue weighted by molar-refractivity contribution is -0.384. The van der Waals surface area contributed by atoms with Crippen molar-refractivity contribution in [1.82, 2.24) is 4.98 Å². The van der Waals surface area contributed by atoms with Crippen LogP contribution < -0.4 is 10.6 Å². The third-order valence-electron chi connectivity index (χ3n) is 2.87. The zero-order valence-electron chi connectivity index (χ0n) is 11.5. The molecule has 21 heavy (non-hydrogen) atoms. The van der Waals surface area contributed by atoms with Crippen LogP contribution in [0.15, 0.2) is 41.0 Å². The minimum Gasteiger partial charge on any atom is -0.383 e. The highest BCUT2D eigenvalue weighted by Crippen LogP contribution is 2.17. The molecule has 0 saturated heterocycles. The highest BCUT2D eigenvalue weighted by molar-refractivity contribution is 9.10. The Morgan fingerprint density at radius 2 is 1.90 bits per heavy atom. The number of pyridine rings is 1. The van der Waals surface area contributed by atoms with E-state index in [2.05, 4.69) is 31.5 Å². The molecule has 0 atom stereocenters. The summed E-state index contributed by atoms with van der Waals surface area (Å²) in [7, 11) is 0. The number of hydrogen-bond acceptors (Lipinski definition) is 5. The molecule has 2 N–H and O–H groups in total. The zero-order valence-corrected chi connectivity index (χ0v) is 13.1. The van der Waals surface area contributed by atoms with Gasteiger partial charge in [-0.2, -0.15) is 0 Å². The summed E-state index contributed by atoms with van der Waals surface area (Å²) < 4.78 is 0.953. The summed E-state index contributed by atoms with van der Waals surface area (Å²) in [5, 5.41) is 17.0. The Morgan fingerprint density at radius 1 is 1.24 bits per heavy atom. The van der Waals surface area contributed by atoms with Gasteiger partial charge >= 0.3 is 0 Å². The van der Waals surface area contributed by atoms with E-state index in [0.717, 1.165) is 21.5 Å². The number of non-ortho nitro benzene ring substituents is 1. The maximum absolute atomic E-state index is 10.6. The van der Waals surface area contributed by atoms with Gasteiger partial charge in [-0.3, -0.25) is 10.1 Å². The Labute approximate surface area is 130 Å². The fraction of sp³-hybridized carbons (Fsp3) is 0.214. The summed E-state index contributed by atoms with van der Waals surface area (Å²) in [5.74, 6) is 0.851. The molecule has 0 aliphatic heterocycles. The third kappa shape index (κ3) is 4.42. The molecular formula is C14H15BrN4O2. The highest BCUT2D eigenvalue weighted by atomic mass is 79.9. The van der Waals surface area contributed by atoms with Gasteiger partial charge < -0.3 is 10.6 Å². The number of nitro benzene ring substituents is 1. The normalized spacial score (nSPS) is 10.2. The summed E-state index contributed by atoms with van der Waals surface area (Å²) in [6.07, 6.45) is 1.75. The van der Waals surface area contributed by atoms with Crippen LogP contribution in [0.1, 0.15) is 5.56 Å². The standard InChI is InChI=1S/C14H15BrN4O2/c1-10-8-11(15)9-18-14(10)17-7-6-16-12-2-4-13(5-3-12)19(20)21/h2-5,8-9,16H,6-7H2,1H3,(H,17,18). The van der Waals surface area contributed by atoms with Crippen LogP contribution in [0, 0.1) is 17.0 Å². The monoisotopic (exact) mass is 350 g/mol. The average molecular weight is 351 g/mol. The summed E-state index contributed by atoms with van der Waals surface area (Å²) in [6.45, 7) is 3.38. The van der Waals surface area contributed by atoms with Gasteiger partial charge in [0.05, 0.1) is 4.92 Å². The molecule has 0 unspecified atom stereocenters. The number of nitrogens with zero attached hydrogens (tertiary/aromatic N) is 2. The van der Waals surface area contributed by atoms with E-state index in [9.17, 15) is 10.1 Å². The lowest BCUT2D eigenvalue weighted by Gasteiger charge is -2.10. The van der Waals surface area contributed by atoms with Crippen LogP contribution in [0.3, 0.4) is 0 Å². The van der Waals surface area contributed by atoms with Crippen LogP contribution in [-0.2, 0) is 0 Å². The van der Waals surface area contributed by atoms with E-state index in [-0.39, 0.29) is 5.69 Å². The third-order valence-corrected chi connectivity index (χ3v) is 3.30. The van der Waals surface area contributed by atoms with Gasteiger partial charge in [-0.15, -0.1) is 0 Å². The predicted octanol–water partition coefficient (Wildman–Crippen LogP) is 3.58. The number of aryl methyl sites for hydroxylation is 1. The van der Waals surface area contributed by atoms with E-state index >= 15 is 0 Å². The molecule has 1 aromatic carbocycles. The number of benzene rings is 1. The summed E-state index contributed by atoms with van der Waals surface area (Å²) in [4.78, 5) is 14.4. The molecule has 0 aliphatic rings. The molecule has 0 aliphatic carbocycles. The Kier molecular flexibility index (Phi) is 5.10. The number of nitro groups is 1. The minimum absolute atomic E-state index is 0.0911. The Hall–Kier alpha value is -2.15. The maximum Gasteiger partial charge on any atom is 0.269 e. The van der Waals surface area contributed by atoms with Crippen LogP contribution in [0.2, 0.25) is 0 Å². The van der Waals surface area contributed by atoms with Crippen LogP contribution in [0.4, 0.5) is 17.2 Å². The van der Waals surface area contributed by atoms with Gasteiger partial charge in [0.1, 0.15) is 5.82 Å². The first kappa shape index (κ1) is 15.2. The van der Waals surface area contributed by atoms with E-state index in [1.54, 1.807) is 18.3 Å². The average Bonchev–Trinajstić information content (AvgIpc) is 2.46. The van der Waals surface area contributed by atoms with E-state index in [1.165, 1.54) is 12.1 Å². The fourth-order valence-electron chi connectivity index (χ4n) is 1.81. The van der Waals surface area contributed by atoms with Gasteiger partial charge in [0.15, 0.2) is 0 Å². The molecule has 1 aromatic heterocycles. The second-order valence-corrected chi connectivity index (χ2v) is 5.39. The van der Waals surface area contributed by atoms with Crippen LogP contribution >= 0.6 is 15.9 Å². The number of anilines is 2. The summed E-state index contributed by atoms with van der Waals surface area (Å²) in [6, 6.07) is 8.36. The predicted molar refractivity (Wildman–Crippen MR) is 86.7 cm³/mol. The van der Waals surface area contributed by atoms with Crippen molar-refractivity contribution in [3.63, 3.8) is 0 Å². The zero-order chi connectivity index (χ0) is 15.2. The fourth-order valence-corrected chi connectivity index (χ4v) is 2.26. The molecule has 2 aromatic rings. The molecule has 7 heteroatoms. The van der Waals surface area contributed by atoms with Gasteiger partial charge in [-0.25, -0.2) is 4.98 Å². The molecule has 0 radical (unpaired) electrons. The van der Waals surface area contributed by atoms with Gasteiger partial charge in [0, 0.05) is 41.6 Å². The van der Waals surface area contributed by atoms with Gasteiger partial charge in [0.25, 0.3) is 5.69 Å². The van der Waals surface area contributed by atoms with Crippen molar-refractivity contribution in [1.29, 1.82) is 0 Å². The summed E-state index contributed by atoms with van der Waals surface area (Å²) in [5.41, 5.74) is 2.01. The number of hydrogen-bond donors (Lipinski definition) is 2. The largest absolute Gasteiger partial charge is 0.383 e. The van der Waals surface area contributed by atoms with Crippen molar-refractivity contribution >= 4 is 33.1 Å². The molecule has 0 fully saturated rings. The molecule has 6 nitrogen and oxygen atoms in total. The van der Waals surface area contributed by atoms with E-state index in [4.69, 9.17) is 0 Å². The van der Waals surface area contributed by atoms with E-state index < -0.39 is 4.92 Å². The molecule has 2 rings (SSSR count). The molecule has 0 spiro atoms. The highest BCUT2D eigenvalue weighted by Gasteiger charge is 2.03. The molecule has 1 heterocycles. The number of aromatic nitrogens is 1. The Morgan fingerprint density at radius 3 is 2.52 bits per heavy atom. The Balaban J connectivity index is 1.80. The first-order chi connectivity index (χ1) is 10.1. The quantitative estimate of drug-likeness (QED) is 0.472. The smallest absolute Gasteiger partial charge is 0.269 e. The first-order valence-electron chi connectivity index (χ1n) is 6.40. The van der Waals surface area contributed by atoms with Crippen molar-refractivity contribution < 1.29 is 4.92 Å². The van der Waals surface area contributed by atoms with Crippen molar-refractivity contribution in [2.45, 2.75) is 6.92 Å². The summed E-state index contributed by atoms with van der Waals surface area (Å²) >= 11 is 3.37. The lowest BCUT2D eigenvalue weighted by atomic mass is 10.3. The molecule has 110 valence electrons. The maximum atomic E-state index is 10.6. The van der Waals surface area contributed by atoms with Crippen LogP contribution in [0.5, 0.6) is 0 Å². The van der Waals surface area contributed by atoms with Gasteiger partial charge in [0.2, 0.25) is 0 Å². The number of halogens is 1. The Bertz CT molecular complexity index is 631. The van der Waals surface area contributed by atoms with Crippen molar-refractivity contribution in [2.75, 3.05) is 23.7 Å². The SMILES string of the molecule is Cc1cc(Br)cnc1NCCNc1ccc([N+](=O)[O-])cc1. The van der Waals surface area contributed by atoms with Crippen LogP contribution in [0.25, 0.3) is 0 Å².